The Labute approximate surface area is 151 Å². The zero-order valence-electron chi connectivity index (χ0n) is 16.5. The molecule has 0 radical (unpaired) electrons. The van der Waals surface area contributed by atoms with Crippen LogP contribution < -0.4 is 0 Å². The van der Waals surface area contributed by atoms with Crippen molar-refractivity contribution in [1.82, 2.24) is 0 Å². The summed E-state index contributed by atoms with van der Waals surface area (Å²) in [6.45, 7) is 0. The van der Waals surface area contributed by atoms with Gasteiger partial charge in [0.15, 0.2) is 0 Å². The Morgan fingerprint density at radius 3 is 1.50 bits per heavy atom. The van der Waals surface area contributed by atoms with Crippen LogP contribution in [0.4, 0.5) is 0 Å². The molecule has 1 aliphatic heterocycles. The molecule has 0 amide bonds. The van der Waals surface area contributed by atoms with Crippen LogP contribution in [-0.4, -0.2) is 12.7 Å². The van der Waals surface area contributed by atoms with Crippen LogP contribution in [-0.2, 0) is 14.3 Å². The number of benzene rings is 2. The van der Waals surface area contributed by atoms with Crippen molar-refractivity contribution < 1.29 is 14.3 Å². The average Bonchev–Trinajstić information content (AvgIpc) is 3.05. The SMILES string of the molecule is [CH3][Zr]1([CH3])([CH3])([CH3])([CH]2C=Cc3ccccc32)([CH]2C=Cc3ccccc32)[CH2][C]1=[SiH2]. The third kappa shape index (κ3) is 1.42. The first kappa shape index (κ1) is 17.0. The van der Waals surface area contributed by atoms with Crippen LogP contribution in [0.5, 0.6) is 0 Å². The molecule has 26 heavy (non-hydrogen) atoms. The van der Waals surface area contributed by atoms with Crippen LogP contribution in [0.15, 0.2) is 60.7 Å². The molecular weight excluding hydrogens is 408 g/mol. The molecule has 2 aromatic rings. The maximum absolute atomic E-state index is 4.77. The molecule has 1 saturated heterocycles. The topological polar surface area (TPSA) is 0 Å². The molecule has 1 heterocycles. The van der Waals surface area contributed by atoms with E-state index < -0.39 is 14.3 Å². The van der Waals surface area contributed by atoms with Gasteiger partial charge in [-0.2, -0.15) is 0 Å². The Morgan fingerprint density at radius 2 is 1.12 bits per heavy atom. The van der Waals surface area contributed by atoms with Gasteiger partial charge in [0.2, 0.25) is 0 Å². The van der Waals surface area contributed by atoms with E-state index in [9.17, 15) is 0 Å². The van der Waals surface area contributed by atoms with E-state index in [-0.39, 0.29) is 0 Å². The van der Waals surface area contributed by atoms with Crippen molar-refractivity contribution in [2.45, 2.75) is 29.9 Å². The van der Waals surface area contributed by atoms with E-state index in [1.54, 1.807) is 14.0 Å². The van der Waals surface area contributed by atoms with Crippen molar-refractivity contribution in [3.8, 4) is 0 Å². The van der Waals surface area contributed by atoms with Crippen molar-refractivity contribution in [2.75, 3.05) is 0 Å². The molecule has 134 valence electrons. The van der Waals surface area contributed by atoms with Crippen molar-refractivity contribution in [3.05, 3.63) is 82.9 Å². The average molecular weight is 438 g/mol. The van der Waals surface area contributed by atoms with Gasteiger partial charge in [-0.1, -0.05) is 0 Å². The summed E-state index contributed by atoms with van der Waals surface area (Å²) in [5.41, 5.74) is 5.94. The van der Waals surface area contributed by atoms with E-state index in [1.165, 1.54) is 15.3 Å². The van der Waals surface area contributed by atoms with E-state index in [4.69, 9.17) is 0 Å². The molecule has 3 aliphatic rings. The quantitative estimate of drug-likeness (QED) is 0.490. The fourth-order valence-corrected chi connectivity index (χ4v) is 57.6. The number of hydrogen-bond donors (Lipinski definition) is 0. The fourth-order valence-electron chi connectivity index (χ4n) is 7.43. The molecule has 2 aromatic carbocycles. The molecule has 0 nitrogen and oxygen atoms in total. The third-order valence-electron chi connectivity index (χ3n) is 10.4. The second kappa shape index (κ2) is 3.38. The second-order valence-electron chi connectivity index (χ2n) is 14.5. The standard InChI is InChI=1S/2C9H7.C2H4Si.4CH3.Zr/c2*1-2-5-9-7-3-6-8(9)4-1;1-2-3;;;;;/h2*1-7H;1,3H2;4*1H3;. The van der Waals surface area contributed by atoms with E-state index in [0.717, 1.165) is 0 Å². The molecule has 2 heteroatoms. The van der Waals surface area contributed by atoms with Gasteiger partial charge in [-0.25, -0.2) is 0 Å². The Balaban J connectivity index is 1.92. The van der Waals surface area contributed by atoms with Crippen LogP contribution in [0.2, 0.25) is 22.7 Å². The zero-order valence-corrected chi connectivity index (χ0v) is 20.4. The molecule has 0 bridgehead atoms. The van der Waals surface area contributed by atoms with Gasteiger partial charge >= 0.3 is 152 Å². The molecule has 0 aromatic heterocycles. The van der Waals surface area contributed by atoms with Crippen molar-refractivity contribution in [2.24, 2.45) is 0 Å². The zero-order chi connectivity index (χ0) is 18.6. The second-order valence-corrected chi connectivity index (χ2v) is 65.8. The van der Waals surface area contributed by atoms with Gasteiger partial charge in [0, 0.05) is 0 Å². The van der Waals surface area contributed by atoms with E-state index >= 15 is 0 Å². The van der Waals surface area contributed by atoms with Gasteiger partial charge in [-0.05, 0) is 0 Å². The van der Waals surface area contributed by atoms with Gasteiger partial charge in [0.25, 0.3) is 0 Å². The van der Waals surface area contributed by atoms with Crippen LogP contribution in [0.3, 0.4) is 0 Å². The first-order chi connectivity index (χ1) is 11.9. The van der Waals surface area contributed by atoms with Crippen LogP contribution in [0.1, 0.15) is 29.5 Å². The number of hydrogen-bond acceptors (Lipinski definition) is 0. The number of rotatable bonds is 2. The predicted octanol–water partition coefficient (Wildman–Crippen LogP) is 6.21. The van der Waals surface area contributed by atoms with E-state index in [1.807, 2.05) is 0 Å². The third-order valence-corrected chi connectivity index (χ3v) is 59.8. The van der Waals surface area contributed by atoms with Crippen LogP contribution >= 0.6 is 0 Å². The van der Waals surface area contributed by atoms with E-state index in [2.05, 4.69) is 101 Å². The van der Waals surface area contributed by atoms with Crippen molar-refractivity contribution in [3.63, 3.8) is 0 Å². The first-order valence-electron chi connectivity index (χ1n) is 10.0. The van der Waals surface area contributed by atoms with Gasteiger partial charge in [-0.3, -0.25) is 0 Å². The molecule has 2 atom stereocenters. The van der Waals surface area contributed by atoms with Crippen molar-refractivity contribution in [1.29, 1.82) is 0 Å². The van der Waals surface area contributed by atoms with Gasteiger partial charge in [-0.15, -0.1) is 0 Å². The Kier molecular flexibility index (Phi) is 2.21. The number of allylic oxidation sites excluding steroid dienone is 2. The molecule has 0 saturated carbocycles. The summed E-state index contributed by atoms with van der Waals surface area (Å²) < 4.78 is 15.2. The summed E-state index contributed by atoms with van der Waals surface area (Å²) in [6, 6.07) is 18.2. The summed E-state index contributed by atoms with van der Waals surface area (Å²) in [6.07, 6.45) is 9.89. The molecular formula is C24H30SiZr. The molecule has 2 unspecified atom stereocenters. The van der Waals surface area contributed by atoms with Gasteiger partial charge < -0.3 is 0 Å². The molecule has 5 rings (SSSR count). The summed E-state index contributed by atoms with van der Waals surface area (Å²) in [5.74, 6) is 0. The Morgan fingerprint density at radius 1 is 0.731 bits per heavy atom. The van der Waals surface area contributed by atoms with Crippen LogP contribution in [0.25, 0.3) is 12.2 Å². The van der Waals surface area contributed by atoms with E-state index in [0.29, 0.717) is 7.25 Å². The maximum atomic E-state index is 2.76. The summed E-state index contributed by atoms with van der Waals surface area (Å²) in [7, 11) is 2.21. The Bertz CT molecular complexity index is 1090. The Hall–Kier alpha value is -1.11. The minimum atomic E-state index is -4.77. The summed E-state index contributed by atoms with van der Waals surface area (Å²) >= 11 is -4.77. The van der Waals surface area contributed by atoms with Gasteiger partial charge in [0.1, 0.15) is 0 Å². The predicted molar refractivity (Wildman–Crippen MR) is 118 cm³/mol. The normalized spacial score (nSPS) is 38.5. The van der Waals surface area contributed by atoms with Crippen molar-refractivity contribution >= 4 is 24.9 Å². The molecule has 2 aliphatic carbocycles. The van der Waals surface area contributed by atoms with Gasteiger partial charge in [0.05, 0.1) is 0 Å². The summed E-state index contributed by atoms with van der Waals surface area (Å²) in [5, 5.41) is 0. The number of fused-ring (bicyclic) bond motifs is 2. The van der Waals surface area contributed by atoms with Crippen LogP contribution in [0, 0.1) is 0 Å². The minimum absolute atomic E-state index is 0.504. The fraction of sp³-hybridized carbons (Fsp3) is 0.292. The molecule has 0 spiro atoms. The molecule has 1 fully saturated rings. The monoisotopic (exact) mass is 436 g/mol. The first-order valence-corrected chi connectivity index (χ1v) is 26.4. The molecule has 0 N–H and O–H groups in total. The summed E-state index contributed by atoms with van der Waals surface area (Å²) in [4.78, 5) is 0.